The monoisotopic (exact) mass is 367 g/mol. The molecular formula is C19H21N5O3. The van der Waals surface area contributed by atoms with E-state index < -0.39 is 0 Å². The zero-order valence-corrected chi connectivity index (χ0v) is 15.4. The molecule has 1 aliphatic rings. The van der Waals surface area contributed by atoms with Crippen LogP contribution in [0.3, 0.4) is 0 Å². The normalized spacial score (nSPS) is 13.9. The number of carbonyl (C=O) groups excluding carboxylic acids is 1. The number of aromatic nitrogens is 4. The molecule has 1 aliphatic carbocycles. The highest BCUT2D eigenvalue weighted by molar-refractivity contribution is 5.83. The van der Waals surface area contributed by atoms with E-state index in [0.29, 0.717) is 36.0 Å². The van der Waals surface area contributed by atoms with E-state index in [0.717, 1.165) is 23.9 Å². The third-order valence-corrected chi connectivity index (χ3v) is 4.84. The van der Waals surface area contributed by atoms with Crippen LogP contribution in [0.2, 0.25) is 0 Å². The first-order valence-corrected chi connectivity index (χ1v) is 9.06. The smallest absolute Gasteiger partial charge is 0.275 e. The lowest BCUT2D eigenvalue weighted by molar-refractivity contribution is -0.130. The minimum absolute atomic E-state index is 0.0967. The number of aryl methyl sites for hydroxylation is 1. The van der Waals surface area contributed by atoms with E-state index >= 15 is 0 Å². The fourth-order valence-electron chi connectivity index (χ4n) is 3.02. The molecule has 27 heavy (non-hydrogen) atoms. The van der Waals surface area contributed by atoms with E-state index in [-0.39, 0.29) is 18.0 Å². The van der Waals surface area contributed by atoms with E-state index in [9.17, 15) is 9.59 Å². The van der Waals surface area contributed by atoms with Gasteiger partial charge in [0, 0.05) is 31.3 Å². The molecule has 0 unspecified atom stereocenters. The fraction of sp³-hybridized carbons (Fsp3) is 0.421. The first kappa shape index (κ1) is 17.4. The Kier molecular flexibility index (Phi) is 4.47. The molecule has 2 aromatic heterocycles. The number of benzene rings is 1. The van der Waals surface area contributed by atoms with Crippen LogP contribution >= 0.6 is 0 Å². The molecule has 2 heterocycles. The van der Waals surface area contributed by atoms with E-state index in [4.69, 9.17) is 4.52 Å². The molecule has 3 aromatic rings. The van der Waals surface area contributed by atoms with Gasteiger partial charge in [0.15, 0.2) is 5.82 Å². The Balaban J connectivity index is 1.42. The Morgan fingerprint density at radius 3 is 2.78 bits per heavy atom. The minimum Gasteiger partial charge on any atom is -0.344 e. The molecule has 1 fully saturated rings. The van der Waals surface area contributed by atoms with Gasteiger partial charge in [-0.3, -0.25) is 9.59 Å². The second-order valence-electron chi connectivity index (χ2n) is 6.98. The van der Waals surface area contributed by atoms with Gasteiger partial charge in [0.2, 0.25) is 11.8 Å². The summed E-state index contributed by atoms with van der Waals surface area (Å²) in [7, 11) is 1.70. The highest BCUT2D eigenvalue weighted by Crippen LogP contribution is 2.38. The third-order valence-electron chi connectivity index (χ3n) is 4.84. The van der Waals surface area contributed by atoms with Crippen molar-refractivity contribution in [2.45, 2.75) is 38.6 Å². The van der Waals surface area contributed by atoms with Gasteiger partial charge in [0.25, 0.3) is 5.56 Å². The number of fused-ring (bicyclic) bond motifs is 1. The molecule has 0 atom stereocenters. The van der Waals surface area contributed by atoms with E-state index in [1.165, 1.54) is 4.68 Å². The summed E-state index contributed by atoms with van der Waals surface area (Å²) in [4.78, 5) is 31.0. The molecule has 8 heteroatoms. The summed E-state index contributed by atoms with van der Waals surface area (Å²) in [6, 6.07) is 7.29. The van der Waals surface area contributed by atoms with Crippen molar-refractivity contribution in [3.8, 4) is 0 Å². The van der Waals surface area contributed by atoms with Crippen LogP contribution in [0.1, 0.15) is 36.2 Å². The molecule has 1 amide bonds. The first-order valence-electron chi connectivity index (χ1n) is 9.06. The van der Waals surface area contributed by atoms with Crippen LogP contribution in [0.15, 0.2) is 33.6 Å². The van der Waals surface area contributed by atoms with Gasteiger partial charge in [-0.2, -0.15) is 10.1 Å². The molecule has 0 spiro atoms. The number of nitrogens with zero attached hydrogens (tertiary/aromatic N) is 5. The molecule has 0 saturated heterocycles. The van der Waals surface area contributed by atoms with Crippen LogP contribution in [-0.2, 0) is 17.8 Å². The molecule has 0 N–H and O–H groups in total. The number of carbonyl (C=O) groups is 1. The molecule has 0 bridgehead atoms. The number of amides is 1. The molecule has 1 saturated carbocycles. The largest absolute Gasteiger partial charge is 0.344 e. The van der Waals surface area contributed by atoms with Crippen LogP contribution in [0.25, 0.3) is 10.8 Å². The van der Waals surface area contributed by atoms with Gasteiger partial charge in [-0.05, 0) is 25.8 Å². The van der Waals surface area contributed by atoms with Crippen LogP contribution in [0.5, 0.6) is 0 Å². The predicted octanol–water partition coefficient (Wildman–Crippen LogP) is 1.67. The van der Waals surface area contributed by atoms with Crippen LogP contribution < -0.4 is 5.56 Å². The van der Waals surface area contributed by atoms with Gasteiger partial charge in [0.1, 0.15) is 6.54 Å². The second-order valence-corrected chi connectivity index (χ2v) is 6.98. The maximum absolute atomic E-state index is 12.6. The highest BCUT2D eigenvalue weighted by Gasteiger charge is 2.29. The summed E-state index contributed by atoms with van der Waals surface area (Å²) in [5.41, 5.74) is 0.463. The lowest BCUT2D eigenvalue weighted by Gasteiger charge is -2.17. The maximum Gasteiger partial charge on any atom is 0.275 e. The van der Waals surface area contributed by atoms with Crippen molar-refractivity contribution in [1.82, 2.24) is 24.8 Å². The average molecular weight is 367 g/mol. The maximum atomic E-state index is 12.6. The van der Waals surface area contributed by atoms with Gasteiger partial charge in [-0.1, -0.05) is 23.4 Å². The van der Waals surface area contributed by atoms with Gasteiger partial charge in [-0.15, -0.1) is 0 Å². The quantitative estimate of drug-likeness (QED) is 0.658. The van der Waals surface area contributed by atoms with Crippen molar-refractivity contribution < 1.29 is 9.32 Å². The minimum atomic E-state index is -0.259. The summed E-state index contributed by atoms with van der Waals surface area (Å²) in [5.74, 6) is 1.53. The zero-order valence-electron chi connectivity index (χ0n) is 15.4. The van der Waals surface area contributed by atoms with Gasteiger partial charge < -0.3 is 9.42 Å². The summed E-state index contributed by atoms with van der Waals surface area (Å²) >= 11 is 0. The van der Waals surface area contributed by atoms with E-state index in [1.807, 2.05) is 25.1 Å². The summed E-state index contributed by atoms with van der Waals surface area (Å²) in [6.45, 7) is 2.19. The second kappa shape index (κ2) is 6.94. The molecule has 1 aromatic carbocycles. The summed E-state index contributed by atoms with van der Waals surface area (Å²) < 4.78 is 6.46. The Hall–Kier alpha value is -3.03. The lowest BCUT2D eigenvalue weighted by Crippen LogP contribution is -2.36. The zero-order chi connectivity index (χ0) is 19.0. The lowest BCUT2D eigenvalue weighted by atomic mass is 10.1. The Morgan fingerprint density at radius 1 is 1.30 bits per heavy atom. The standard InChI is InChI=1S/C19H21N5O3/c1-12-14-5-3-4-6-15(14)19(26)24(21-12)11-17(25)23(2)10-9-16-20-18(27-22-16)13-7-8-13/h3-6,13H,7-11H2,1-2H3. The van der Waals surface area contributed by atoms with Crippen molar-refractivity contribution in [3.05, 3.63) is 52.0 Å². The Labute approximate surface area is 155 Å². The number of rotatable bonds is 6. The van der Waals surface area contributed by atoms with Crippen LogP contribution in [0, 0.1) is 6.92 Å². The molecule has 4 rings (SSSR count). The predicted molar refractivity (Wildman–Crippen MR) is 98.4 cm³/mol. The topological polar surface area (TPSA) is 94.1 Å². The summed E-state index contributed by atoms with van der Waals surface area (Å²) in [5, 5.41) is 9.63. The number of hydrogen-bond acceptors (Lipinski definition) is 6. The molecule has 8 nitrogen and oxygen atoms in total. The van der Waals surface area contributed by atoms with Crippen molar-refractivity contribution in [2.75, 3.05) is 13.6 Å². The number of hydrogen-bond donors (Lipinski definition) is 0. The highest BCUT2D eigenvalue weighted by atomic mass is 16.5. The van der Waals surface area contributed by atoms with Crippen molar-refractivity contribution >= 4 is 16.7 Å². The first-order chi connectivity index (χ1) is 13.0. The molecule has 0 aliphatic heterocycles. The van der Waals surface area contributed by atoms with Crippen molar-refractivity contribution in [3.63, 3.8) is 0 Å². The van der Waals surface area contributed by atoms with Crippen molar-refractivity contribution in [2.24, 2.45) is 0 Å². The Morgan fingerprint density at radius 2 is 2.04 bits per heavy atom. The van der Waals surface area contributed by atoms with E-state index in [2.05, 4.69) is 15.2 Å². The number of likely N-dealkylation sites (N-methyl/N-ethyl adjacent to an activating group) is 1. The average Bonchev–Trinajstić information content (AvgIpc) is 3.42. The van der Waals surface area contributed by atoms with E-state index in [1.54, 1.807) is 18.0 Å². The van der Waals surface area contributed by atoms with Gasteiger partial charge in [-0.25, -0.2) is 4.68 Å². The molecule has 140 valence electrons. The van der Waals surface area contributed by atoms with Crippen LogP contribution in [-0.4, -0.2) is 44.3 Å². The summed E-state index contributed by atoms with van der Waals surface area (Å²) in [6.07, 6.45) is 2.72. The molecule has 0 radical (unpaired) electrons. The third kappa shape index (κ3) is 3.60. The Bertz CT molecular complexity index is 1050. The van der Waals surface area contributed by atoms with Crippen molar-refractivity contribution in [1.29, 1.82) is 0 Å². The van der Waals surface area contributed by atoms with Gasteiger partial charge >= 0.3 is 0 Å². The fourth-order valence-corrected chi connectivity index (χ4v) is 3.02. The van der Waals surface area contributed by atoms with Gasteiger partial charge in [0.05, 0.1) is 11.1 Å². The van der Waals surface area contributed by atoms with Crippen LogP contribution in [0.4, 0.5) is 0 Å². The SMILES string of the molecule is Cc1nn(CC(=O)N(C)CCc2noc(C3CC3)n2)c(=O)c2ccccc12. The molecular weight excluding hydrogens is 346 g/mol.